The third-order valence-corrected chi connectivity index (χ3v) is 4.02. The highest BCUT2D eigenvalue weighted by Gasteiger charge is 2.19. The van der Waals surface area contributed by atoms with Crippen LogP contribution in [0, 0.1) is 6.92 Å². The average molecular weight is 221 g/mol. The van der Waals surface area contributed by atoms with Crippen molar-refractivity contribution in [3.63, 3.8) is 0 Å². The Bertz CT molecular complexity index is 434. The lowest BCUT2D eigenvalue weighted by molar-refractivity contribution is 0.438. The highest BCUT2D eigenvalue weighted by atomic mass is 32.1. The molecule has 2 aromatic heterocycles. The molecule has 80 valence electrons. The fraction of sp³-hybridized carbons (Fsp3) is 0.636. The smallest absolute Gasteiger partial charge is 0.212 e. The van der Waals surface area contributed by atoms with E-state index in [-0.39, 0.29) is 0 Å². The third-order valence-electron chi connectivity index (χ3n) is 3.19. The van der Waals surface area contributed by atoms with E-state index in [1.54, 1.807) is 11.3 Å². The molecule has 0 atom stereocenters. The molecule has 0 radical (unpaired) electrons. The van der Waals surface area contributed by atoms with Crippen molar-refractivity contribution in [2.45, 2.75) is 44.9 Å². The van der Waals surface area contributed by atoms with Gasteiger partial charge >= 0.3 is 0 Å². The van der Waals surface area contributed by atoms with Gasteiger partial charge in [-0.3, -0.25) is 0 Å². The molecule has 0 aliphatic heterocycles. The molecule has 2 heterocycles. The van der Waals surface area contributed by atoms with Crippen LogP contribution in [0.3, 0.4) is 0 Å². The Labute approximate surface area is 93.1 Å². The van der Waals surface area contributed by atoms with Crippen molar-refractivity contribution in [2.24, 2.45) is 0 Å². The molecule has 2 aromatic rings. The lowest BCUT2D eigenvalue weighted by Gasteiger charge is -2.19. The molecule has 1 fully saturated rings. The maximum absolute atomic E-state index is 4.68. The molecule has 0 saturated heterocycles. The molecule has 0 N–H and O–H groups in total. The maximum atomic E-state index is 4.68. The summed E-state index contributed by atoms with van der Waals surface area (Å²) in [7, 11) is 0. The fourth-order valence-electron chi connectivity index (χ4n) is 2.41. The molecule has 0 bridgehead atoms. The van der Waals surface area contributed by atoms with Crippen LogP contribution in [0.2, 0.25) is 0 Å². The first-order valence-electron chi connectivity index (χ1n) is 5.65. The summed E-state index contributed by atoms with van der Waals surface area (Å²) in [6.45, 7) is 2.03. The summed E-state index contributed by atoms with van der Waals surface area (Å²) in [5.41, 5.74) is 1.26. The van der Waals surface area contributed by atoms with Crippen LogP contribution < -0.4 is 0 Å². The number of aryl methyl sites for hydroxylation is 1. The van der Waals surface area contributed by atoms with Crippen molar-refractivity contribution < 1.29 is 0 Å². The predicted molar refractivity (Wildman–Crippen MR) is 61.4 cm³/mol. The largest absolute Gasteiger partial charge is 0.222 e. The quantitative estimate of drug-likeness (QED) is 0.740. The molecule has 1 saturated carbocycles. The fourth-order valence-corrected chi connectivity index (χ4v) is 3.14. The minimum absolute atomic E-state index is 0.688. The molecule has 1 aliphatic rings. The highest BCUT2D eigenvalue weighted by Crippen LogP contribution is 2.32. The van der Waals surface area contributed by atoms with Gasteiger partial charge in [-0.15, -0.1) is 0 Å². The summed E-state index contributed by atoms with van der Waals surface area (Å²) in [6.07, 6.45) is 8.86. The number of fused-ring (bicyclic) bond motifs is 1. The van der Waals surface area contributed by atoms with Crippen molar-refractivity contribution >= 4 is 16.3 Å². The first kappa shape index (κ1) is 9.33. The Morgan fingerprint density at radius 1 is 1.33 bits per heavy atom. The van der Waals surface area contributed by atoms with Crippen LogP contribution >= 0.6 is 11.3 Å². The van der Waals surface area contributed by atoms with Crippen LogP contribution in [0.1, 0.15) is 48.7 Å². The van der Waals surface area contributed by atoms with Gasteiger partial charge in [-0.2, -0.15) is 5.10 Å². The molecule has 3 rings (SSSR count). The van der Waals surface area contributed by atoms with E-state index in [0.29, 0.717) is 5.92 Å². The normalized spacial score (nSPS) is 18.7. The lowest BCUT2D eigenvalue weighted by atomic mass is 9.87. The Balaban J connectivity index is 1.93. The van der Waals surface area contributed by atoms with Crippen LogP contribution in [-0.2, 0) is 0 Å². The summed E-state index contributed by atoms with van der Waals surface area (Å²) in [5.74, 6) is 0.688. The van der Waals surface area contributed by atoms with E-state index in [1.807, 2.05) is 11.4 Å². The van der Waals surface area contributed by atoms with E-state index in [1.165, 1.54) is 37.8 Å². The summed E-state index contributed by atoms with van der Waals surface area (Å²) in [6, 6.07) is 0. The van der Waals surface area contributed by atoms with Crippen LogP contribution in [0.5, 0.6) is 0 Å². The standard InChI is InChI=1S/C11H15N3S/c1-8-13-14-7-10(12-11(14)15-8)9-5-3-2-4-6-9/h7,9H,2-6H2,1H3. The van der Waals surface area contributed by atoms with Gasteiger partial charge in [0, 0.05) is 5.92 Å². The van der Waals surface area contributed by atoms with Gasteiger partial charge in [0.05, 0.1) is 11.9 Å². The van der Waals surface area contributed by atoms with Gasteiger partial charge < -0.3 is 0 Å². The molecule has 4 heteroatoms. The van der Waals surface area contributed by atoms with Gasteiger partial charge in [0.25, 0.3) is 0 Å². The summed E-state index contributed by atoms with van der Waals surface area (Å²) >= 11 is 1.68. The topological polar surface area (TPSA) is 30.2 Å². The van der Waals surface area contributed by atoms with Crippen molar-refractivity contribution in [3.05, 3.63) is 16.9 Å². The maximum Gasteiger partial charge on any atom is 0.212 e. The second-order valence-electron chi connectivity index (χ2n) is 4.35. The summed E-state index contributed by atoms with van der Waals surface area (Å²) in [5, 5.41) is 5.49. The first-order chi connectivity index (χ1) is 7.33. The number of aromatic nitrogens is 3. The zero-order chi connectivity index (χ0) is 10.3. The van der Waals surface area contributed by atoms with Crippen LogP contribution in [-0.4, -0.2) is 14.6 Å². The van der Waals surface area contributed by atoms with Crippen molar-refractivity contribution in [1.82, 2.24) is 14.6 Å². The summed E-state index contributed by atoms with van der Waals surface area (Å²) < 4.78 is 1.93. The Hall–Kier alpha value is -0.900. The zero-order valence-corrected chi connectivity index (χ0v) is 9.76. The average Bonchev–Trinajstić information content (AvgIpc) is 2.76. The van der Waals surface area contributed by atoms with E-state index in [2.05, 4.69) is 16.3 Å². The van der Waals surface area contributed by atoms with Gasteiger partial charge in [-0.1, -0.05) is 30.6 Å². The van der Waals surface area contributed by atoms with E-state index in [9.17, 15) is 0 Å². The second-order valence-corrected chi connectivity index (χ2v) is 5.51. The van der Waals surface area contributed by atoms with Crippen LogP contribution in [0.25, 0.3) is 4.96 Å². The molecular weight excluding hydrogens is 206 g/mol. The molecule has 0 amide bonds. The molecule has 0 unspecified atom stereocenters. The number of hydrogen-bond acceptors (Lipinski definition) is 3. The highest BCUT2D eigenvalue weighted by molar-refractivity contribution is 7.16. The van der Waals surface area contributed by atoms with Gasteiger partial charge in [-0.25, -0.2) is 9.50 Å². The zero-order valence-electron chi connectivity index (χ0n) is 8.94. The summed E-state index contributed by atoms with van der Waals surface area (Å²) in [4.78, 5) is 5.73. The number of nitrogens with zero attached hydrogens (tertiary/aromatic N) is 3. The van der Waals surface area contributed by atoms with Gasteiger partial charge in [-0.05, 0) is 19.8 Å². The van der Waals surface area contributed by atoms with Gasteiger partial charge in [0.15, 0.2) is 0 Å². The Morgan fingerprint density at radius 2 is 2.13 bits per heavy atom. The third kappa shape index (κ3) is 1.67. The Morgan fingerprint density at radius 3 is 2.87 bits per heavy atom. The SMILES string of the molecule is Cc1nn2cc(C3CCCCC3)nc2s1. The minimum atomic E-state index is 0.688. The van der Waals surface area contributed by atoms with E-state index >= 15 is 0 Å². The molecule has 0 aromatic carbocycles. The van der Waals surface area contributed by atoms with Crippen LogP contribution in [0.15, 0.2) is 6.20 Å². The van der Waals surface area contributed by atoms with Gasteiger partial charge in [0.1, 0.15) is 5.01 Å². The predicted octanol–water partition coefficient (Wildman–Crippen LogP) is 3.15. The number of hydrogen-bond donors (Lipinski definition) is 0. The van der Waals surface area contributed by atoms with E-state index in [0.717, 1.165) is 9.97 Å². The molecule has 0 spiro atoms. The molecule has 15 heavy (non-hydrogen) atoms. The number of rotatable bonds is 1. The molecule has 1 aliphatic carbocycles. The van der Waals surface area contributed by atoms with Crippen LogP contribution in [0.4, 0.5) is 0 Å². The van der Waals surface area contributed by atoms with Crippen molar-refractivity contribution in [2.75, 3.05) is 0 Å². The second kappa shape index (κ2) is 3.59. The van der Waals surface area contributed by atoms with Gasteiger partial charge in [0.2, 0.25) is 4.96 Å². The number of imidazole rings is 1. The minimum Gasteiger partial charge on any atom is -0.222 e. The van der Waals surface area contributed by atoms with E-state index in [4.69, 9.17) is 0 Å². The first-order valence-corrected chi connectivity index (χ1v) is 6.47. The van der Waals surface area contributed by atoms with Crippen molar-refractivity contribution in [1.29, 1.82) is 0 Å². The lowest BCUT2D eigenvalue weighted by Crippen LogP contribution is -2.04. The van der Waals surface area contributed by atoms with Crippen molar-refractivity contribution in [3.8, 4) is 0 Å². The molecule has 3 nitrogen and oxygen atoms in total. The van der Waals surface area contributed by atoms with E-state index < -0.39 is 0 Å². The monoisotopic (exact) mass is 221 g/mol. The Kier molecular flexibility index (Phi) is 2.24. The molecular formula is C11H15N3S.